The fourth-order valence-corrected chi connectivity index (χ4v) is 2.95. The summed E-state index contributed by atoms with van der Waals surface area (Å²) < 4.78 is 5.79. The van der Waals surface area contributed by atoms with Gasteiger partial charge in [0.05, 0.1) is 6.61 Å². The van der Waals surface area contributed by atoms with Crippen molar-refractivity contribution in [1.29, 1.82) is 5.26 Å². The molecule has 0 amide bonds. The monoisotopic (exact) mass is 291 g/mol. The second kappa shape index (κ2) is 8.92. The highest BCUT2D eigenvalue weighted by atomic mass is 32.2. The summed E-state index contributed by atoms with van der Waals surface area (Å²) in [6.45, 7) is 9.44. The zero-order valence-corrected chi connectivity index (χ0v) is 13.8. The zero-order valence-electron chi connectivity index (χ0n) is 13.0. The van der Waals surface area contributed by atoms with Gasteiger partial charge in [-0.15, -0.1) is 0 Å². The maximum absolute atomic E-state index is 8.64. The molecule has 0 radical (unpaired) electrons. The number of hydrogen-bond donors (Lipinski definition) is 0. The van der Waals surface area contributed by atoms with Gasteiger partial charge in [-0.25, -0.2) is 0 Å². The zero-order chi connectivity index (χ0) is 15.0. The van der Waals surface area contributed by atoms with E-state index in [1.165, 1.54) is 28.5 Å². The Kier molecular flexibility index (Phi) is 7.54. The Bertz CT molecular complexity index is 465. The maximum Gasteiger partial charge on any atom is 0.133 e. The van der Waals surface area contributed by atoms with Gasteiger partial charge < -0.3 is 4.74 Å². The van der Waals surface area contributed by atoms with E-state index in [1.807, 2.05) is 0 Å². The number of thiocyanates is 1. The number of hydrogen-bond acceptors (Lipinski definition) is 3. The van der Waals surface area contributed by atoms with E-state index in [1.54, 1.807) is 0 Å². The van der Waals surface area contributed by atoms with Crippen LogP contribution in [0.15, 0.2) is 12.1 Å². The van der Waals surface area contributed by atoms with E-state index in [-0.39, 0.29) is 0 Å². The largest absolute Gasteiger partial charge is 0.493 e. The van der Waals surface area contributed by atoms with E-state index in [4.69, 9.17) is 10.00 Å². The van der Waals surface area contributed by atoms with Gasteiger partial charge in [-0.05, 0) is 73.5 Å². The van der Waals surface area contributed by atoms with Crippen LogP contribution in [0, 0.1) is 24.5 Å². The molecule has 110 valence electrons. The van der Waals surface area contributed by atoms with Crippen LogP contribution >= 0.6 is 11.8 Å². The lowest BCUT2D eigenvalue weighted by molar-refractivity contribution is 0.315. The Morgan fingerprint density at radius 2 is 2.00 bits per heavy atom. The number of rotatable bonds is 8. The highest BCUT2D eigenvalue weighted by Crippen LogP contribution is 2.33. The van der Waals surface area contributed by atoms with E-state index < -0.39 is 0 Å². The smallest absolute Gasteiger partial charge is 0.133 e. The lowest BCUT2D eigenvalue weighted by atomic mass is 9.88. The molecule has 1 rings (SSSR count). The van der Waals surface area contributed by atoms with Crippen LogP contribution in [-0.2, 0) is 0 Å². The summed E-state index contributed by atoms with van der Waals surface area (Å²) in [4.78, 5) is 0. The van der Waals surface area contributed by atoms with Gasteiger partial charge in [-0.3, -0.25) is 0 Å². The average Bonchev–Trinajstić information content (AvgIpc) is 2.46. The summed E-state index contributed by atoms with van der Waals surface area (Å²) >= 11 is 1.35. The highest BCUT2D eigenvalue weighted by Gasteiger charge is 2.15. The number of thioether (sulfide) groups is 1. The van der Waals surface area contributed by atoms with Crippen molar-refractivity contribution in [2.75, 3.05) is 12.4 Å². The molecule has 0 aliphatic carbocycles. The normalized spacial score (nSPS) is 11.9. The molecule has 0 fully saturated rings. The van der Waals surface area contributed by atoms with Gasteiger partial charge >= 0.3 is 0 Å². The van der Waals surface area contributed by atoms with Crippen molar-refractivity contribution in [1.82, 2.24) is 0 Å². The Labute approximate surface area is 127 Å². The predicted octanol–water partition coefficient (Wildman–Crippen LogP) is 5.19. The first-order valence-corrected chi connectivity index (χ1v) is 8.37. The summed E-state index contributed by atoms with van der Waals surface area (Å²) in [5, 5.41) is 10.8. The van der Waals surface area contributed by atoms with Crippen molar-refractivity contribution in [3.05, 3.63) is 28.8 Å². The van der Waals surface area contributed by atoms with Crippen molar-refractivity contribution < 1.29 is 4.74 Å². The minimum atomic E-state index is 0.537. The second-order valence-corrected chi connectivity index (χ2v) is 5.96. The van der Waals surface area contributed by atoms with Crippen LogP contribution in [0.3, 0.4) is 0 Å². The van der Waals surface area contributed by atoms with Gasteiger partial charge in [-0.1, -0.05) is 19.9 Å². The molecule has 20 heavy (non-hydrogen) atoms. The van der Waals surface area contributed by atoms with E-state index in [2.05, 4.69) is 45.2 Å². The number of nitriles is 1. The molecule has 0 spiro atoms. The minimum absolute atomic E-state index is 0.537. The van der Waals surface area contributed by atoms with Crippen LogP contribution in [-0.4, -0.2) is 12.4 Å². The van der Waals surface area contributed by atoms with Gasteiger partial charge in [-0.2, -0.15) is 5.26 Å². The first-order valence-electron chi connectivity index (χ1n) is 7.39. The molecule has 0 aliphatic heterocycles. The van der Waals surface area contributed by atoms with Crippen LogP contribution in [0.25, 0.3) is 0 Å². The Balaban J connectivity index is 2.89. The van der Waals surface area contributed by atoms with Crippen molar-refractivity contribution in [2.24, 2.45) is 0 Å². The third-order valence-corrected chi connectivity index (χ3v) is 4.38. The lowest BCUT2D eigenvalue weighted by Gasteiger charge is -2.20. The average molecular weight is 291 g/mol. The van der Waals surface area contributed by atoms with Crippen molar-refractivity contribution in [2.45, 2.75) is 52.9 Å². The van der Waals surface area contributed by atoms with Crippen molar-refractivity contribution in [3.63, 3.8) is 0 Å². The van der Waals surface area contributed by atoms with Gasteiger partial charge in [0.2, 0.25) is 0 Å². The molecule has 0 heterocycles. The quantitative estimate of drug-likeness (QED) is 0.488. The van der Waals surface area contributed by atoms with Crippen molar-refractivity contribution in [3.8, 4) is 11.2 Å². The third-order valence-electron chi connectivity index (χ3n) is 3.81. The standard InChI is InChI=1S/C17H25NOS/c1-5-10-19-17-8-7-16(13(3)14(17)4)15(6-2)9-11-20-12-18/h7-8,15H,5-6,9-11H2,1-4H3. The Morgan fingerprint density at radius 1 is 1.25 bits per heavy atom. The van der Waals surface area contributed by atoms with E-state index >= 15 is 0 Å². The molecule has 0 bridgehead atoms. The summed E-state index contributed by atoms with van der Waals surface area (Å²) in [6.07, 6.45) is 3.20. The third kappa shape index (κ3) is 4.45. The molecule has 1 aromatic carbocycles. The van der Waals surface area contributed by atoms with Crippen molar-refractivity contribution >= 4 is 11.8 Å². The SMILES string of the molecule is CCCOc1ccc(C(CC)CCSC#N)c(C)c1C. The molecule has 1 aromatic rings. The van der Waals surface area contributed by atoms with Gasteiger partial charge in [0.25, 0.3) is 0 Å². The summed E-state index contributed by atoms with van der Waals surface area (Å²) in [5.41, 5.74) is 4.00. The molecule has 2 nitrogen and oxygen atoms in total. The minimum Gasteiger partial charge on any atom is -0.493 e. The Morgan fingerprint density at radius 3 is 2.60 bits per heavy atom. The molecule has 0 aromatic heterocycles. The maximum atomic E-state index is 8.64. The van der Waals surface area contributed by atoms with E-state index in [9.17, 15) is 0 Å². The molecular weight excluding hydrogens is 266 g/mol. The van der Waals surface area contributed by atoms with Gasteiger partial charge in [0, 0.05) is 5.75 Å². The lowest BCUT2D eigenvalue weighted by Crippen LogP contribution is -2.05. The number of benzene rings is 1. The number of ether oxygens (including phenoxy) is 1. The summed E-state index contributed by atoms with van der Waals surface area (Å²) in [6, 6.07) is 4.31. The van der Waals surface area contributed by atoms with Gasteiger partial charge in [0.1, 0.15) is 11.2 Å². The van der Waals surface area contributed by atoms with Crippen LogP contribution in [0.2, 0.25) is 0 Å². The van der Waals surface area contributed by atoms with Crippen LogP contribution in [0.4, 0.5) is 0 Å². The molecule has 0 saturated heterocycles. The number of nitrogens with zero attached hydrogens (tertiary/aromatic N) is 1. The fourth-order valence-electron chi connectivity index (χ4n) is 2.45. The first-order chi connectivity index (χ1) is 9.65. The summed E-state index contributed by atoms with van der Waals surface area (Å²) in [5.74, 6) is 2.45. The summed E-state index contributed by atoms with van der Waals surface area (Å²) in [7, 11) is 0. The molecule has 3 heteroatoms. The Hall–Kier alpha value is -1.14. The van der Waals surface area contributed by atoms with Gasteiger partial charge in [0.15, 0.2) is 0 Å². The molecule has 1 atom stereocenters. The molecular formula is C17H25NOS. The topological polar surface area (TPSA) is 33.0 Å². The predicted molar refractivity (Wildman–Crippen MR) is 87.4 cm³/mol. The van der Waals surface area contributed by atoms with Crippen LogP contribution in [0.5, 0.6) is 5.75 Å². The highest BCUT2D eigenvalue weighted by molar-refractivity contribution is 8.03. The fraction of sp³-hybridized carbons (Fsp3) is 0.588. The van der Waals surface area contributed by atoms with Crippen LogP contribution in [0.1, 0.15) is 55.7 Å². The molecule has 0 N–H and O–H groups in total. The van der Waals surface area contributed by atoms with E-state index in [0.717, 1.165) is 37.4 Å². The van der Waals surface area contributed by atoms with Crippen LogP contribution < -0.4 is 4.74 Å². The first kappa shape index (κ1) is 16.9. The van der Waals surface area contributed by atoms with E-state index in [0.29, 0.717) is 5.92 Å². The molecule has 1 unspecified atom stereocenters. The molecule has 0 aliphatic rings. The molecule has 0 saturated carbocycles. The second-order valence-electron chi connectivity index (χ2n) is 5.08.